The highest BCUT2D eigenvalue weighted by molar-refractivity contribution is 6.31. The number of imidazole rings is 1. The normalized spacial score (nSPS) is 21.0. The van der Waals surface area contributed by atoms with Crippen LogP contribution in [0.15, 0.2) is 24.5 Å². The number of rotatable bonds is 2. The first-order chi connectivity index (χ1) is 10.8. The first-order valence-electron chi connectivity index (χ1n) is 6.65. The Hall–Kier alpha value is -2.06. The summed E-state index contributed by atoms with van der Waals surface area (Å²) in [5.74, 6) is -1.08. The number of aliphatic carboxylic acids is 1. The second-order valence-electron chi connectivity index (χ2n) is 5.20. The fourth-order valence-electron chi connectivity index (χ4n) is 2.64. The summed E-state index contributed by atoms with van der Waals surface area (Å²) in [5.41, 5.74) is 0.358. The zero-order chi connectivity index (χ0) is 16.8. The number of fused-ring (bicyclic) bond motifs is 1. The number of benzene rings is 1. The van der Waals surface area contributed by atoms with Crippen molar-refractivity contribution in [2.45, 2.75) is 24.7 Å². The van der Waals surface area contributed by atoms with Crippen molar-refractivity contribution in [3.05, 3.63) is 52.1 Å². The molecular formula is C14H11ClF3N3O2. The smallest absolute Gasteiger partial charge is 0.417 e. The molecule has 0 fully saturated rings. The van der Waals surface area contributed by atoms with Crippen LogP contribution < -0.4 is 5.32 Å². The van der Waals surface area contributed by atoms with Gasteiger partial charge in [0.1, 0.15) is 6.04 Å². The first-order valence-corrected chi connectivity index (χ1v) is 7.03. The van der Waals surface area contributed by atoms with Gasteiger partial charge >= 0.3 is 12.1 Å². The maximum absolute atomic E-state index is 13.0. The monoisotopic (exact) mass is 345 g/mol. The average Bonchev–Trinajstić information content (AvgIpc) is 2.93. The van der Waals surface area contributed by atoms with Crippen LogP contribution in [0.4, 0.5) is 13.2 Å². The summed E-state index contributed by atoms with van der Waals surface area (Å²) < 4.78 is 39.0. The Morgan fingerprint density at radius 3 is 2.78 bits per heavy atom. The Morgan fingerprint density at radius 1 is 1.39 bits per heavy atom. The first kappa shape index (κ1) is 15.8. The van der Waals surface area contributed by atoms with E-state index in [-0.39, 0.29) is 12.0 Å². The van der Waals surface area contributed by atoms with Crippen LogP contribution in [-0.2, 0) is 17.4 Å². The van der Waals surface area contributed by atoms with Gasteiger partial charge in [0.15, 0.2) is 0 Å². The van der Waals surface area contributed by atoms with Crippen LogP contribution in [0.1, 0.15) is 28.6 Å². The van der Waals surface area contributed by atoms with Crippen molar-refractivity contribution in [2.24, 2.45) is 0 Å². The van der Waals surface area contributed by atoms with Gasteiger partial charge in [0.25, 0.3) is 0 Å². The van der Waals surface area contributed by atoms with E-state index in [1.807, 2.05) is 0 Å². The molecule has 2 heterocycles. The van der Waals surface area contributed by atoms with Crippen LogP contribution in [0.3, 0.4) is 0 Å². The van der Waals surface area contributed by atoms with Crippen LogP contribution in [0, 0.1) is 0 Å². The maximum atomic E-state index is 13.0. The van der Waals surface area contributed by atoms with E-state index in [2.05, 4.69) is 15.3 Å². The highest BCUT2D eigenvalue weighted by atomic mass is 35.5. The lowest BCUT2D eigenvalue weighted by atomic mass is 9.93. The third-order valence-corrected chi connectivity index (χ3v) is 4.06. The van der Waals surface area contributed by atoms with E-state index in [4.69, 9.17) is 11.6 Å². The molecule has 0 saturated heterocycles. The molecular weight excluding hydrogens is 335 g/mol. The molecule has 1 aliphatic rings. The van der Waals surface area contributed by atoms with Gasteiger partial charge in [-0.25, -0.2) is 4.98 Å². The van der Waals surface area contributed by atoms with Gasteiger partial charge in [-0.05, 0) is 17.7 Å². The molecule has 5 nitrogen and oxygen atoms in total. The largest absolute Gasteiger partial charge is 0.480 e. The summed E-state index contributed by atoms with van der Waals surface area (Å²) in [6.45, 7) is 0. The van der Waals surface area contributed by atoms with Crippen LogP contribution >= 0.6 is 11.6 Å². The van der Waals surface area contributed by atoms with Crippen molar-refractivity contribution >= 4 is 17.6 Å². The highest BCUT2D eigenvalue weighted by Crippen LogP contribution is 2.38. The molecule has 2 atom stereocenters. The summed E-state index contributed by atoms with van der Waals surface area (Å²) in [4.78, 5) is 18.2. The van der Waals surface area contributed by atoms with Gasteiger partial charge in [-0.1, -0.05) is 17.7 Å². The Labute approximate surface area is 133 Å². The predicted molar refractivity (Wildman–Crippen MR) is 75.1 cm³/mol. The summed E-state index contributed by atoms with van der Waals surface area (Å²) in [6, 6.07) is 1.82. The van der Waals surface area contributed by atoms with E-state index in [1.54, 1.807) is 0 Å². The van der Waals surface area contributed by atoms with Crippen molar-refractivity contribution in [3.63, 3.8) is 0 Å². The molecule has 23 heavy (non-hydrogen) atoms. The van der Waals surface area contributed by atoms with Crippen molar-refractivity contribution in [1.29, 1.82) is 0 Å². The van der Waals surface area contributed by atoms with Crippen LogP contribution in [0.5, 0.6) is 0 Å². The minimum atomic E-state index is -4.59. The fourth-order valence-corrected chi connectivity index (χ4v) is 2.86. The van der Waals surface area contributed by atoms with Gasteiger partial charge in [-0.2, -0.15) is 13.2 Å². The Kier molecular flexibility index (Phi) is 3.81. The summed E-state index contributed by atoms with van der Waals surface area (Å²) in [6.07, 6.45) is -3.02. The van der Waals surface area contributed by atoms with Crippen molar-refractivity contribution in [3.8, 4) is 0 Å². The van der Waals surface area contributed by atoms with Crippen LogP contribution in [-0.4, -0.2) is 27.1 Å². The van der Waals surface area contributed by atoms with Gasteiger partial charge in [-0.3, -0.25) is 10.1 Å². The predicted octanol–water partition coefficient (Wildman–Crippen LogP) is 2.77. The number of hydrogen-bond donors (Lipinski definition) is 3. The lowest BCUT2D eigenvalue weighted by molar-refractivity contribution is -0.140. The molecule has 0 bridgehead atoms. The number of halogens is 4. The van der Waals surface area contributed by atoms with E-state index in [0.29, 0.717) is 11.4 Å². The van der Waals surface area contributed by atoms with Gasteiger partial charge in [0.05, 0.1) is 28.6 Å². The molecule has 3 N–H and O–H groups in total. The van der Waals surface area contributed by atoms with Crippen molar-refractivity contribution < 1.29 is 23.1 Å². The molecule has 1 aromatic heterocycles. The summed E-state index contributed by atoms with van der Waals surface area (Å²) in [5, 5.41) is 11.6. The van der Waals surface area contributed by atoms with E-state index >= 15 is 0 Å². The minimum Gasteiger partial charge on any atom is -0.480 e. The number of carbonyl (C=O) groups is 1. The number of nitrogens with zero attached hydrogens (tertiary/aromatic N) is 1. The number of aromatic nitrogens is 2. The fraction of sp³-hybridized carbons (Fsp3) is 0.286. The molecule has 122 valence electrons. The van der Waals surface area contributed by atoms with E-state index in [9.17, 15) is 23.1 Å². The zero-order valence-corrected chi connectivity index (χ0v) is 12.2. The lowest BCUT2D eigenvalue weighted by Gasteiger charge is -2.28. The van der Waals surface area contributed by atoms with Crippen molar-refractivity contribution in [2.75, 3.05) is 0 Å². The van der Waals surface area contributed by atoms with Crippen LogP contribution in [0.2, 0.25) is 5.02 Å². The number of carboxylic acid groups (broad SMARTS) is 1. The second-order valence-corrected chi connectivity index (χ2v) is 5.61. The summed E-state index contributed by atoms with van der Waals surface area (Å²) in [7, 11) is 0. The Bertz CT molecular complexity index is 760. The standard InChI is InChI=1S/C14H11ClF3N3O2/c15-8-2-1-6(3-7(8)14(16,17)18)11-12-9(19-5-20-12)4-10(21-11)13(22)23/h1-3,5,10-11,21H,4H2,(H,19,20)(H,22,23). The van der Waals surface area contributed by atoms with Gasteiger partial charge in [-0.15, -0.1) is 0 Å². The molecule has 0 spiro atoms. The average molecular weight is 346 g/mol. The Morgan fingerprint density at radius 2 is 2.13 bits per heavy atom. The third-order valence-electron chi connectivity index (χ3n) is 3.73. The maximum Gasteiger partial charge on any atom is 0.417 e. The SMILES string of the molecule is O=C(O)C1Cc2[nH]cnc2C(c2ccc(Cl)c(C(F)(F)F)c2)N1. The zero-order valence-electron chi connectivity index (χ0n) is 11.5. The molecule has 2 aromatic rings. The van der Waals surface area contributed by atoms with E-state index in [0.717, 1.165) is 12.1 Å². The topological polar surface area (TPSA) is 78.0 Å². The lowest BCUT2D eigenvalue weighted by Crippen LogP contribution is -2.45. The van der Waals surface area contributed by atoms with Gasteiger partial charge in [0.2, 0.25) is 0 Å². The molecule has 2 unspecified atom stereocenters. The Balaban J connectivity index is 2.06. The number of aromatic amines is 1. The number of carboxylic acids is 1. The molecule has 9 heteroatoms. The second kappa shape index (κ2) is 5.54. The minimum absolute atomic E-state index is 0.181. The van der Waals surface area contributed by atoms with Crippen molar-refractivity contribution in [1.82, 2.24) is 15.3 Å². The van der Waals surface area contributed by atoms with E-state index in [1.165, 1.54) is 12.4 Å². The summed E-state index contributed by atoms with van der Waals surface area (Å²) >= 11 is 5.62. The number of hydrogen-bond acceptors (Lipinski definition) is 3. The van der Waals surface area contributed by atoms with E-state index < -0.39 is 34.8 Å². The third kappa shape index (κ3) is 2.91. The quantitative estimate of drug-likeness (QED) is 0.782. The number of H-pyrrole nitrogens is 1. The molecule has 1 aliphatic heterocycles. The molecule has 3 rings (SSSR count). The molecule has 0 aliphatic carbocycles. The molecule has 0 amide bonds. The van der Waals surface area contributed by atoms with Gasteiger partial charge in [0, 0.05) is 12.1 Å². The molecule has 0 saturated carbocycles. The molecule has 1 aromatic carbocycles. The molecule has 0 radical (unpaired) electrons. The number of nitrogens with one attached hydrogen (secondary N) is 2. The van der Waals surface area contributed by atoms with Crippen LogP contribution in [0.25, 0.3) is 0 Å². The van der Waals surface area contributed by atoms with Gasteiger partial charge < -0.3 is 10.1 Å². The highest BCUT2D eigenvalue weighted by Gasteiger charge is 2.37. The number of alkyl halides is 3.